The Morgan fingerprint density at radius 3 is 2.67 bits per heavy atom. The van der Waals surface area contributed by atoms with E-state index in [2.05, 4.69) is 34.8 Å². The molecule has 0 amide bonds. The van der Waals surface area contributed by atoms with Gasteiger partial charge in [-0.15, -0.1) is 0 Å². The van der Waals surface area contributed by atoms with Crippen molar-refractivity contribution in [3.8, 4) is 0 Å². The largest absolute Gasteiger partial charge is 0.227 e. The zero-order chi connectivity index (χ0) is 9.14. The molecule has 1 rings (SSSR count). The molecule has 0 aliphatic carbocycles. The van der Waals surface area contributed by atoms with Gasteiger partial charge < -0.3 is 0 Å². The van der Waals surface area contributed by atoms with Crippen LogP contribution in [0.4, 0.5) is 4.39 Å². The second-order valence-corrected chi connectivity index (χ2v) is 4.03. The Labute approximate surface area is 80.1 Å². The summed E-state index contributed by atoms with van der Waals surface area (Å²) in [6.07, 6.45) is 0.824. The van der Waals surface area contributed by atoms with E-state index in [-0.39, 0.29) is 0 Å². The molecule has 0 spiro atoms. The predicted molar refractivity (Wildman–Crippen MR) is 50.4 cm³/mol. The highest BCUT2D eigenvalue weighted by Crippen LogP contribution is 2.14. The van der Waals surface area contributed by atoms with E-state index in [9.17, 15) is 4.39 Å². The Hall–Kier alpha value is -0.440. The molecule has 0 saturated heterocycles. The lowest BCUT2D eigenvalue weighted by atomic mass is 10.1. The molecule has 1 nitrogen and oxygen atoms in total. The van der Waals surface area contributed by atoms with Gasteiger partial charge in [0.1, 0.15) is 0 Å². The fraction of sp³-hybridized carbons (Fsp3) is 0.444. The highest BCUT2D eigenvalue weighted by molar-refractivity contribution is 9.10. The van der Waals surface area contributed by atoms with Crippen molar-refractivity contribution in [2.24, 2.45) is 5.92 Å². The van der Waals surface area contributed by atoms with E-state index in [0.717, 1.165) is 12.1 Å². The second kappa shape index (κ2) is 3.99. The quantitative estimate of drug-likeness (QED) is 0.713. The Bertz CT molecular complexity index is 273. The Morgan fingerprint density at radius 2 is 2.17 bits per heavy atom. The van der Waals surface area contributed by atoms with E-state index in [0.29, 0.717) is 10.4 Å². The van der Waals surface area contributed by atoms with Crippen molar-refractivity contribution in [2.45, 2.75) is 20.3 Å². The number of hydrogen-bond acceptors (Lipinski definition) is 1. The first-order chi connectivity index (χ1) is 5.59. The smallest absolute Gasteiger partial charge is 0.224 e. The number of rotatable bonds is 2. The molecule has 0 radical (unpaired) electrons. The molecule has 0 bridgehead atoms. The highest BCUT2D eigenvalue weighted by atomic mass is 79.9. The average Bonchev–Trinajstić information content (AvgIpc) is 1.96. The predicted octanol–water partition coefficient (Wildman–Crippen LogP) is 3.18. The number of pyridine rings is 1. The minimum Gasteiger partial charge on any atom is -0.224 e. The van der Waals surface area contributed by atoms with Crippen molar-refractivity contribution >= 4 is 15.9 Å². The zero-order valence-electron chi connectivity index (χ0n) is 7.14. The number of aromatic nitrogens is 1. The van der Waals surface area contributed by atoms with Crippen LogP contribution in [0.1, 0.15) is 19.5 Å². The normalized spacial score (nSPS) is 10.8. The summed E-state index contributed by atoms with van der Waals surface area (Å²) < 4.78 is 13.3. The summed E-state index contributed by atoms with van der Waals surface area (Å²) in [5, 5.41) is 0. The SMILES string of the molecule is CC(C)Cc1ccc(Br)c(F)n1. The molecule has 66 valence electrons. The minimum absolute atomic E-state index is 0.423. The molecule has 0 aliphatic rings. The topological polar surface area (TPSA) is 12.9 Å². The van der Waals surface area contributed by atoms with Crippen LogP contribution >= 0.6 is 15.9 Å². The number of nitrogens with zero attached hydrogens (tertiary/aromatic N) is 1. The number of halogens is 2. The third-order valence-electron chi connectivity index (χ3n) is 1.48. The van der Waals surface area contributed by atoms with Crippen LogP contribution in [0.15, 0.2) is 16.6 Å². The van der Waals surface area contributed by atoms with Crippen molar-refractivity contribution in [3.63, 3.8) is 0 Å². The summed E-state index contributed by atoms with van der Waals surface area (Å²) in [6.45, 7) is 4.17. The fourth-order valence-corrected chi connectivity index (χ4v) is 1.21. The molecule has 0 N–H and O–H groups in total. The molecule has 1 aromatic heterocycles. The van der Waals surface area contributed by atoms with Crippen molar-refractivity contribution in [3.05, 3.63) is 28.2 Å². The van der Waals surface area contributed by atoms with Crippen LogP contribution in [0.3, 0.4) is 0 Å². The lowest BCUT2D eigenvalue weighted by Gasteiger charge is -2.03. The lowest BCUT2D eigenvalue weighted by molar-refractivity contribution is 0.556. The van der Waals surface area contributed by atoms with E-state index in [4.69, 9.17) is 0 Å². The van der Waals surface area contributed by atoms with Crippen molar-refractivity contribution < 1.29 is 4.39 Å². The van der Waals surface area contributed by atoms with Crippen LogP contribution in [0.5, 0.6) is 0 Å². The average molecular weight is 232 g/mol. The molecular formula is C9H11BrFN. The second-order valence-electron chi connectivity index (χ2n) is 3.17. The van der Waals surface area contributed by atoms with Gasteiger partial charge >= 0.3 is 0 Å². The van der Waals surface area contributed by atoms with Gasteiger partial charge in [-0.3, -0.25) is 0 Å². The molecule has 0 aliphatic heterocycles. The van der Waals surface area contributed by atoms with E-state index >= 15 is 0 Å². The van der Waals surface area contributed by atoms with Gasteiger partial charge in [-0.1, -0.05) is 13.8 Å². The van der Waals surface area contributed by atoms with Gasteiger partial charge in [-0.2, -0.15) is 4.39 Å². The fourth-order valence-electron chi connectivity index (χ4n) is 0.987. The summed E-state index contributed by atoms with van der Waals surface area (Å²) in [6, 6.07) is 3.53. The summed E-state index contributed by atoms with van der Waals surface area (Å²) in [5.74, 6) is 0.0891. The van der Waals surface area contributed by atoms with Gasteiger partial charge in [0.05, 0.1) is 4.47 Å². The van der Waals surface area contributed by atoms with Crippen LogP contribution in [-0.2, 0) is 6.42 Å². The van der Waals surface area contributed by atoms with E-state index in [1.165, 1.54) is 0 Å². The van der Waals surface area contributed by atoms with Gasteiger partial charge in [0.25, 0.3) is 0 Å². The monoisotopic (exact) mass is 231 g/mol. The van der Waals surface area contributed by atoms with Gasteiger partial charge in [0.2, 0.25) is 5.95 Å². The molecular weight excluding hydrogens is 221 g/mol. The maximum atomic E-state index is 12.9. The summed E-state index contributed by atoms with van der Waals surface area (Å²) in [4.78, 5) is 3.80. The van der Waals surface area contributed by atoms with Crippen molar-refractivity contribution in [1.29, 1.82) is 0 Å². The van der Waals surface area contributed by atoms with E-state index in [1.54, 1.807) is 6.07 Å². The van der Waals surface area contributed by atoms with E-state index < -0.39 is 5.95 Å². The van der Waals surface area contributed by atoms with Gasteiger partial charge in [0, 0.05) is 5.69 Å². The number of hydrogen-bond donors (Lipinski definition) is 0. The third kappa shape index (κ3) is 2.55. The molecule has 0 saturated carbocycles. The van der Waals surface area contributed by atoms with Crippen LogP contribution in [-0.4, -0.2) is 4.98 Å². The van der Waals surface area contributed by atoms with Crippen LogP contribution < -0.4 is 0 Å². The van der Waals surface area contributed by atoms with E-state index in [1.807, 2.05) is 6.07 Å². The van der Waals surface area contributed by atoms with Crippen molar-refractivity contribution in [2.75, 3.05) is 0 Å². The molecule has 12 heavy (non-hydrogen) atoms. The molecule has 0 atom stereocenters. The minimum atomic E-state index is -0.423. The lowest BCUT2D eigenvalue weighted by Crippen LogP contribution is -1.98. The first kappa shape index (κ1) is 9.65. The van der Waals surface area contributed by atoms with Crippen molar-refractivity contribution in [1.82, 2.24) is 4.98 Å². The Kier molecular flexibility index (Phi) is 3.20. The standard InChI is InChI=1S/C9H11BrFN/c1-6(2)5-7-3-4-8(10)9(11)12-7/h3-4,6H,5H2,1-2H3. The third-order valence-corrected chi connectivity index (χ3v) is 2.07. The molecule has 0 unspecified atom stereocenters. The van der Waals surface area contributed by atoms with Gasteiger partial charge in [-0.05, 0) is 40.4 Å². The molecule has 0 aromatic carbocycles. The van der Waals surface area contributed by atoms with Crippen LogP contribution in [0.2, 0.25) is 0 Å². The van der Waals surface area contributed by atoms with Crippen LogP contribution in [0.25, 0.3) is 0 Å². The maximum absolute atomic E-state index is 12.9. The molecule has 0 fully saturated rings. The van der Waals surface area contributed by atoms with Gasteiger partial charge in [0.15, 0.2) is 0 Å². The molecule has 1 aromatic rings. The maximum Gasteiger partial charge on any atom is 0.227 e. The highest BCUT2D eigenvalue weighted by Gasteiger charge is 2.03. The summed E-state index contributed by atoms with van der Waals surface area (Å²) in [5.41, 5.74) is 0.811. The zero-order valence-corrected chi connectivity index (χ0v) is 8.73. The first-order valence-corrected chi connectivity index (χ1v) is 4.70. The Morgan fingerprint density at radius 1 is 1.50 bits per heavy atom. The van der Waals surface area contributed by atoms with Gasteiger partial charge in [-0.25, -0.2) is 4.98 Å². The summed E-state index contributed by atoms with van der Waals surface area (Å²) in [7, 11) is 0. The van der Waals surface area contributed by atoms with Crippen LogP contribution in [0, 0.1) is 11.9 Å². The summed E-state index contributed by atoms with van der Waals surface area (Å²) >= 11 is 3.06. The Balaban J connectivity index is 2.82. The molecule has 3 heteroatoms. The molecule has 1 heterocycles. The first-order valence-electron chi connectivity index (χ1n) is 3.90.